The second-order valence-corrected chi connectivity index (χ2v) is 4.95. The van der Waals surface area contributed by atoms with Crippen molar-refractivity contribution in [3.63, 3.8) is 0 Å². The van der Waals surface area contributed by atoms with Gasteiger partial charge in [-0.3, -0.25) is 9.36 Å². The molecule has 0 spiro atoms. The van der Waals surface area contributed by atoms with Crippen LogP contribution in [-0.4, -0.2) is 45.4 Å². The van der Waals surface area contributed by atoms with E-state index in [0.717, 1.165) is 24.2 Å². The first-order valence-corrected chi connectivity index (χ1v) is 6.70. The van der Waals surface area contributed by atoms with Crippen LogP contribution in [0, 0.1) is 0 Å². The third-order valence-corrected chi connectivity index (χ3v) is 3.49. The van der Waals surface area contributed by atoms with Gasteiger partial charge in [0, 0.05) is 27.2 Å². The lowest BCUT2D eigenvalue weighted by Gasteiger charge is -2.26. The number of hydrogen-bond acceptors (Lipinski definition) is 5. The standard InChI is InChI=1S/C12H21N5O2/c1-15-11(18)10(14-16(2)12(15)19)13-6-9-17-7-4-3-5-8-17/h3-9H2,1-2H3,(H,13,14). The highest BCUT2D eigenvalue weighted by atomic mass is 16.2. The summed E-state index contributed by atoms with van der Waals surface area (Å²) in [6, 6.07) is 0. The highest BCUT2D eigenvalue weighted by Gasteiger charge is 2.11. The first-order chi connectivity index (χ1) is 9.09. The minimum absolute atomic E-state index is 0.238. The van der Waals surface area contributed by atoms with Crippen LogP contribution in [0.5, 0.6) is 0 Å². The van der Waals surface area contributed by atoms with E-state index in [0.29, 0.717) is 6.54 Å². The van der Waals surface area contributed by atoms with Crippen molar-refractivity contribution in [2.24, 2.45) is 14.1 Å². The molecular formula is C12H21N5O2. The van der Waals surface area contributed by atoms with E-state index in [1.807, 2.05) is 0 Å². The Labute approximate surface area is 111 Å². The van der Waals surface area contributed by atoms with Crippen molar-refractivity contribution in [1.29, 1.82) is 0 Å². The Bertz CT molecular complexity index is 542. The van der Waals surface area contributed by atoms with Gasteiger partial charge in [-0.25, -0.2) is 9.48 Å². The number of hydrogen-bond donors (Lipinski definition) is 1. The predicted molar refractivity (Wildman–Crippen MR) is 73.5 cm³/mol. The van der Waals surface area contributed by atoms with Gasteiger partial charge in [0.25, 0.3) is 5.56 Å². The summed E-state index contributed by atoms with van der Waals surface area (Å²) in [7, 11) is 3.00. The Hall–Kier alpha value is -1.63. The van der Waals surface area contributed by atoms with E-state index in [1.54, 1.807) is 0 Å². The molecule has 1 aromatic heterocycles. The van der Waals surface area contributed by atoms with Crippen LogP contribution in [0.4, 0.5) is 5.82 Å². The maximum atomic E-state index is 11.8. The molecule has 19 heavy (non-hydrogen) atoms. The average molecular weight is 267 g/mol. The molecule has 1 fully saturated rings. The molecule has 1 saturated heterocycles. The quantitative estimate of drug-likeness (QED) is 0.787. The summed E-state index contributed by atoms with van der Waals surface area (Å²) in [5.41, 5.74) is -0.784. The number of piperidine rings is 1. The topological polar surface area (TPSA) is 72.2 Å². The molecule has 0 amide bonds. The van der Waals surface area contributed by atoms with Crippen LogP contribution < -0.4 is 16.6 Å². The van der Waals surface area contributed by atoms with Crippen LogP contribution in [0.2, 0.25) is 0 Å². The molecule has 0 radical (unpaired) electrons. The zero-order valence-corrected chi connectivity index (χ0v) is 11.6. The van der Waals surface area contributed by atoms with Crippen LogP contribution in [0.15, 0.2) is 9.59 Å². The Kier molecular flexibility index (Phi) is 4.36. The number of nitrogens with zero attached hydrogens (tertiary/aromatic N) is 4. The van der Waals surface area contributed by atoms with Gasteiger partial charge in [-0.2, -0.15) is 0 Å². The average Bonchev–Trinajstić information content (AvgIpc) is 2.43. The van der Waals surface area contributed by atoms with Gasteiger partial charge in [-0.15, -0.1) is 5.10 Å². The number of aryl methyl sites for hydroxylation is 1. The fraction of sp³-hybridized carbons (Fsp3) is 0.750. The summed E-state index contributed by atoms with van der Waals surface area (Å²) >= 11 is 0. The minimum Gasteiger partial charge on any atom is -0.363 e. The van der Waals surface area contributed by atoms with Crippen molar-refractivity contribution >= 4 is 5.82 Å². The van der Waals surface area contributed by atoms with Gasteiger partial charge in [-0.05, 0) is 25.9 Å². The molecule has 2 heterocycles. The summed E-state index contributed by atoms with van der Waals surface area (Å²) < 4.78 is 2.24. The van der Waals surface area contributed by atoms with Crippen LogP contribution >= 0.6 is 0 Å². The van der Waals surface area contributed by atoms with E-state index in [1.165, 1.54) is 38.0 Å². The molecule has 1 aliphatic rings. The second kappa shape index (κ2) is 6.01. The molecule has 1 aliphatic heterocycles. The predicted octanol–water partition coefficient (Wildman–Crippen LogP) is -0.623. The second-order valence-electron chi connectivity index (χ2n) is 4.95. The third kappa shape index (κ3) is 3.23. The lowest BCUT2D eigenvalue weighted by molar-refractivity contribution is 0.237. The van der Waals surface area contributed by atoms with Crippen LogP contribution in [0.25, 0.3) is 0 Å². The molecule has 0 bridgehead atoms. The zero-order valence-electron chi connectivity index (χ0n) is 11.6. The van der Waals surface area contributed by atoms with Crippen molar-refractivity contribution < 1.29 is 0 Å². The number of nitrogens with one attached hydrogen (secondary N) is 1. The molecule has 1 N–H and O–H groups in total. The molecule has 106 valence electrons. The molecule has 0 saturated carbocycles. The van der Waals surface area contributed by atoms with Gasteiger partial charge in [0.05, 0.1) is 0 Å². The van der Waals surface area contributed by atoms with Gasteiger partial charge in [-0.1, -0.05) is 6.42 Å². The van der Waals surface area contributed by atoms with Crippen LogP contribution in [-0.2, 0) is 14.1 Å². The SMILES string of the molecule is Cn1nc(NCCN2CCCCC2)c(=O)n(C)c1=O. The Balaban J connectivity index is 1.96. The largest absolute Gasteiger partial charge is 0.363 e. The Morgan fingerprint density at radius 3 is 2.53 bits per heavy atom. The van der Waals surface area contributed by atoms with Gasteiger partial charge in [0.1, 0.15) is 0 Å². The van der Waals surface area contributed by atoms with Gasteiger partial charge < -0.3 is 10.2 Å². The molecule has 1 aromatic rings. The van der Waals surface area contributed by atoms with Gasteiger partial charge in [0.2, 0.25) is 5.82 Å². The Morgan fingerprint density at radius 1 is 1.16 bits per heavy atom. The van der Waals surface area contributed by atoms with Crippen molar-refractivity contribution in [2.45, 2.75) is 19.3 Å². The van der Waals surface area contributed by atoms with E-state index < -0.39 is 5.69 Å². The van der Waals surface area contributed by atoms with E-state index in [9.17, 15) is 9.59 Å². The molecular weight excluding hydrogens is 246 g/mol. The van der Waals surface area contributed by atoms with Gasteiger partial charge >= 0.3 is 5.69 Å². The lowest BCUT2D eigenvalue weighted by Crippen LogP contribution is -2.41. The normalized spacial score (nSPS) is 16.5. The lowest BCUT2D eigenvalue weighted by atomic mass is 10.1. The fourth-order valence-corrected chi connectivity index (χ4v) is 2.32. The van der Waals surface area contributed by atoms with Crippen molar-refractivity contribution in [3.8, 4) is 0 Å². The molecule has 0 aliphatic carbocycles. The monoisotopic (exact) mass is 267 g/mol. The maximum absolute atomic E-state index is 11.8. The number of aromatic nitrogens is 3. The molecule has 0 aromatic carbocycles. The highest BCUT2D eigenvalue weighted by Crippen LogP contribution is 2.07. The zero-order chi connectivity index (χ0) is 13.8. The smallest absolute Gasteiger partial charge is 0.346 e. The van der Waals surface area contributed by atoms with Gasteiger partial charge in [0.15, 0.2) is 0 Å². The van der Waals surface area contributed by atoms with E-state index in [-0.39, 0.29) is 11.4 Å². The van der Waals surface area contributed by atoms with Crippen molar-refractivity contribution in [2.75, 3.05) is 31.5 Å². The molecule has 0 atom stereocenters. The third-order valence-electron chi connectivity index (χ3n) is 3.49. The maximum Gasteiger partial charge on any atom is 0.346 e. The minimum atomic E-state index is -0.411. The number of likely N-dealkylation sites (tertiary alicyclic amines) is 1. The van der Waals surface area contributed by atoms with Crippen molar-refractivity contribution in [3.05, 3.63) is 20.8 Å². The first kappa shape index (κ1) is 13.8. The molecule has 7 heteroatoms. The van der Waals surface area contributed by atoms with E-state index in [4.69, 9.17) is 0 Å². The molecule has 0 unspecified atom stereocenters. The summed E-state index contributed by atoms with van der Waals surface area (Å²) in [5, 5.41) is 6.98. The van der Waals surface area contributed by atoms with Crippen LogP contribution in [0.1, 0.15) is 19.3 Å². The fourth-order valence-electron chi connectivity index (χ4n) is 2.32. The number of rotatable bonds is 4. The summed E-state index contributed by atoms with van der Waals surface area (Å²) in [6.45, 7) is 3.81. The Morgan fingerprint density at radius 2 is 1.84 bits per heavy atom. The van der Waals surface area contributed by atoms with Crippen molar-refractivity contribution in [1.82, 2.24) is 19.2 Å². The summed E-state index contributed by atoms with van der Waals surface area (Å²) in [4.78, 5) is 25.7. The van der Waals surface area contributed by atoms with Crippen LogP contribution in [0.3, 0.4) is 0 Å². The van der Waals surface area contributed by atoms with E-state index in [2.05, 4.69) is 15.3 Å². The molecule has 7 nitrogen and oxygen atoms in total. The highest BCUT2D eigenvalue weighted by molar-refractivity contribution is 5.29. The number of anilines is 1. The van der Waals surface area contributed by atoms with E-state index >= 15 is 0 Å². The summed E-state index contributed by atoms with van der Waals surface area (Å²) in [6.07, 6.45) is 3.81. The molecule has 2 rings (SSSR count). The summed E-state index contributed by atoms with van der Waals surface area (Å²) in [5.74, 6) is 0.238. The first-order valence-electron chi connectivity index (χ1n) is 6.70.